The molecule has 3 rings (SSSR count). The first-order valence-electron chi connectivity index (χ1n) is 7.85. The van der Waals surface area contributed by atoms with Crippen LogP contribution in [-0.4, -0.2) is 36.9 Å². The third-order valence-electron chi connectivity index (χ3n) is 4.71. The van der Waals surface area contributed by atoms with Gasteiger partial charge in [0.2, 0.25) is 5.91 Å². The van der Waals surface area contributed by atoms with E-state index >= 15 is 0 Å². The molecule has 1 aromatic heterocycles. The van der Waals surface area contributed by atoms with E-state index in [0.29, 0.717) is 25.9 Å². The second-order valence-corrected chi connectivity index (χ2v) is 8.85. The van der Waals surface area contributed by atoms with Crippen LogP contribution >= 0.6 is 0 Å². The molecule has 6 heteroatoms. The maximum atomic E-state index is 12.2. The van der Waals surface area contributed by atoms with E-state index in [-0.39, 0.29) is 17.1 Å². The van der Waals surface area contributed by atoms with E-state index in [0.717, 1.165) is 16.6 Å². The van der Waals surface area contributed by atoms with E-state index in [9.17, 15) is 13.2 Å². The predicted octanol–water partition coefficient (Wildman–Crippen LogP) is 1.89. The van der Waals surface area contributed by atoms with Crippen LogP contribution in [0.2, 0.25) is 0 Å². The van der Waals surface area contributed by atoms with Crippen molar-refractivity contribution in [2.75, 3.05) is 12.8 Å². The summed E-state index contributed by atoms with van der Waals surface area (Å²) in [6.07, 6.45) is 2.60. The molecule has 1 N–H and O–H groups in total. The molecule has 0 unspecified atom stereocenters. The molecule has 1 heterocycles. The number of carbonyl (C=O) groups is 1. The van der Waals surface area contributed by atoms with Crippen LogP contribution in [0, 0.1) is 12.8 Å². The van der Waals surface area contributed by atoms with Crippen molar-refractivity contribution in [3.05, 3.63) is 36.0 Å². The van der Waals surface area contributed by atoms with Gasteiger partial charge in [-0.3, -0.25) is 4.79 Å². The zero-order valence-electron chi connectivity index (χ0n) is 13.5. The number of sulfone groups is 1. The zero-order chi connectivity index (χ0) is 16.6. The van der Waals surface area contributed by atoms with Gasteiger partial charge < -0.3 is 9.88 Å². The lowest BCUT2D eigenvalue weighted by atomic mass is 9.85. The molecule has 124 valence electrons. The van der Waals surface area contributed by atoms with Crippen molar-refractivity contribution in [3.8, 4) is 0 Å². The van der Waals surface area contributed by atoms with Crippen LogP contribution in [0.5, 0.6) is 0 Å². The maximum absolute atomic E-state index is 12.2. The maximum Gasteiger partial charge on any atom is 0.239 e. The summed E-state index contributed by atoms with van der Waals surface area (Å²) in [4.78, 5) is 12.2. The van der Waals surface area contributed by atoms with Crippen molar-refractivity contribution in [1.29, 1.82) is 0 Å². The summed E-state index contributed by atoms with van der Waals surface area (Å²) >= 11 is 0. The third-order valence-corrected chi connectivity index (χ3v) is 6.30. The fourth-order valence-electron chi connectivity index (χ4n) is 3.21. The number of nitrogens with zero attached hydrogens (tertiary/aromatic N) is 1. The van der Waals surface area contributed by atoms with Gasteiger partial charge in [-0.2, -0.15) is 0 Å². The number of rotatable bonds is 5. The molecule has 0 bridgehead atoms. The number of aryl methyl sites for hydroxylation is 1. The molecular weight excluding hydrogens is 312 g/mol. The molecule has 1 fully saturated rings. The Balaban J connectivity index is 1.55. The fourth-order valence-corrected chi connectivity index (χ4v) is 4.45. The first-order valence-corrected chi connectivity index (χ1v) is 9.80. The van der Waals surface area contributed by atoms with E-state index in [1.165, 1.54) is 6.26 Å². The molecule has 1 aliphatic carbocycles. The summed E-state index contributed by atoms with van der Waals surface area (Å²) in [5.74, 6) is 0.249. The van der Waals surface area contributed by atoms with Crippen molar-refractivity contribution in [2.24, 2.45) is 5.92 Å². The van der Waals surface area contributed by atoms with Crippen molar-refractivity contribution >= 4 is 26.6 Å². The van der Waals surface area contributed by atoms with Crippen molar-refractivity contribution in [1.82, 2.24) is 9.88 Å². The van der Waals surface area contributed by atoms with Gasteiger partial charge in [-0.15, -0.1) is 0 Å². The summed E-state index contributed by atoms with van der Waals surface area (Å²) in [5.41, 5.74) is 2.11. The van der Waals surface area contributed by atoms with Crippen LogP contribution in [0.3, 0.4) is 0 Å². The molecule has 0 atom stereocenters. The summed E-state index contributed by atoms with van der Waals surface area (Å²) in [5, 5.41) is 3.84. The summed E-state index contributed by atoms with van der Waals surface area (Å²) in [6.45, 7) is 2.85. The zero-order valence-corrected chi connectivity index (χ0v) is 14.3. The summed E-state index contributed by atoms with van der Waals surface area (Å²) < 4.78 is 24.8. The first-order chi connectivity index (χ1) is 10.8. The van der Waals surface area contributed by atoms with Crippen LogP contribution in [-0.2, 0) is 21.2 Å². The smallest absolute Gasteiger partial charge is 0.239 e. The average molecular weight is 334 g/mol. The number of hydrogen-bond donors (Lipinski definition) is 1. The Morgan fingerprint density at radius 1 is 1.30 bits per heavy atom. The molecule has 5 nitrogen and oxygen atoms in total. The SMILES string of the molecule is Cc1cc2ccccc2n1CC(=O)NCC1CC(S(C)(=O)=O)C1. The topological polar surface area (TPSA) is 68.2 Å². The van der Waals surface area contributed by atoms with Crippen LogP contribution in [0.4, 0.5) is 0 Å². The second-order valence-electron chi connectivity index (χ2n) is 6.52. The third kappa shape index (κ3) is 3.42. The normalized spacial score (nSPS) is 21.1. The largest absolute Gasteiger partial charge is 0.354 e. The standard InChI is InChI=1S/C17H22N2O3S/c1-12-7-14-5-3-4-6-16(14)19(12)11-17(20)18-10-13-8-15(9-13)23(2,21)22/h3-7,13,15H,8-11H2,1-2H3,(H,18,20). The number of carbonyl (C=O) groups excluding carboxylic acids is 1. The number of hydrogen-bond acceptors (Lipinski definition) is 3. The van der Waals surface area contributed by atoms with Crippen LogP contribution in [0.1, 0.15) is 18.5 Å². The van der Waals surface area contributed by atoms with Gasteiger partial charge in [0.25, 0.3) is 0 Å². The van der Waals surface area contributed by atoms with Gasteiger partial charge in [0.15, 0.2) is 0 Å². The number of amides is 1. The Hall–Kier alpha value is -1.82. The minimum absolute atomic E-state index is 0.0303. The monoisotopic (exact) mass is 334 g/mol. The van der Waals surface area contributed by atoms with Crippen molar-refractivity contribution in [3.63, 3.8) is 0 Å². The highest BCUT2D eigenvalue weighted by Crippen LogP contribution is 2.31. The number of fused-ring (bicyclic) bond motifs is 1. The lowest BCUT2D eigenvalue weighted by Gasteiger charge is -2.33. The molecule has 0 radical (unpaired) electrons. The molecule has 0 saturated heterocycles. The molecule has 1 saturated carbocycles. The van der Waals surface area contributed by atoms with E-state index in [1.807, 2.05) is 35.8 Å². The number of para-hydroxylation sites is 1. The average Bonchev–Trinajstić information content (AvgIpc) is 2.72. The van der Waals surface area contributed by atoms with Crippen LogP contribution < -0.4 is 5.32 Å². The lowest BCUT2D eigenvalue weighted by molar-refractivity contribution is -0.121. The van der Waals surface area contributed by atoms with E-state index < -0.39 is 9.84 Å². The van der Waals surface area contributed by atoms with E-state index in [2.05, 4.69) is 11.4 Å². The van der Waals surface area contributed by atoms with E-state index in [1.54, 1.807) is 0 Å². The molecule has 1 aliphatic rings. The number of nitrogens with one attached hydrogen (secondary N) is 1. The quantitative estimate of drug-likeness (QED) is 0.908. The first kappa shape index (κ1) is 16.1. The highest BCUT2D eigenvalue weighted by molar-refractivity contribution is 7.91. The minimum atomic E-state index is -2.93. The molecule has 0 spiro atoms. The van der Waals surface area contributed by atoms with Crippen LogP contribution in [0.15, 0.2) is 30.3 Å². The van der Waals surface area contributed by atoms with Crippen molar-refractivity contribution in [2.45, 2.75) is 31.6 Å². The second kappa shape index (κ2) is 6.00. The van der Waals surface area contributed by atoms with Gasteiger partial charge >= 0.3 is 0 Å². The summed E-state index contributed by atoms with van der Waals surface area (Å²) in [6, 6.07) is 10.1. The van der Waals surface area contributed by atoms with E-state index in [4.69, 9.17) is 0 Å². The van der Waals surface area contributed by atoms with Crippen molar-refractivity contribution < 1.29 is 13.2 Å². The Labute approximate surface area is 136 Å². The Kier molecular flexibility index (Phi) is 4.19. The molecule has 2 aromatic rings. The molecule has 1 aromatic carbocycles. The van der Waals surface area contributed by atoms with Gasteiger partial charge in [0.05, 0.1) is 5.25 Å². The van der Waals surface area contributed by atoms with Gasteiger partial charge in [0.1, 0.15) is 16.4 Å². The number of benzene rings is 1. The molecule has 23 heavy (non-hydrogen) atoms. The predicted molar refractivity (Wildman–Crippen MR) is 91.0 cm³/mol. The molecular formula is C17H22N2O3S. The van der Waals surface area contributed by atoms with Crippen LogP contribution in [0.25, 0.3) is 10.9 Å². The van der Waals surface area contributed by atoms with Gasteiger partial charge in [0, 0.05) is 24.0 Å². The molecule has 0 aliphatic heterocycles. The Bertz CT molecular complexity index is 833. The molecule has 1 amide bonds. The van der Waals surface area contributed by atoms with Gasteiger partial charge in [-0.25, -0.2) is 8.42 Å². The Morgan fingerprint density at radius 2 is 2.00 bits per heavy atom. The summed E-state index contributed by atoms with van der Waals surface area (Å²) in [7, 11) is -2.93. The fraction of sp³-hybridized carbons (Fsp3) is 0.471. The van der Waals surface area contributed by atoms with Gasteiger partial charge in [-0.1, -0.05) is 18.2 Å². The number of aromatic nitrogens is 1. The highest BCUT2D eigenvalue weighted by atomic mass is 32.2. The minimum Gasteiger partial charge on any atom is -0.354 e. The highest BCUT2D eigenvalue weighted by Gasteiger charge is 2.36. The van der Waals surface area contributed by atoms with Gasteiger partial charge in [-0.05, 0) is 43.2 Å². The Morgan fingerprint density at radius 3 is 2.70 bits per heavy atom. The lowest BCUT2D eigenvalue weighted by Crippen LogP contribution is -2.42.